The van der Waals surface area contributed by atoms with Gasteiger partial charge in [-0.25, -0.2) is 13.1 Å². The maximum absolute atomic E-state index is 12.2. The Morgan fingerprint density at radius 2 is 2.00 bits per heavy atom. The van der Waals surface area contributed by atoms with Crippen LogP contribution < -0.4 is 10.5 Å². The normalized spacial score (nSPS) is 24.3. The maximum atomic E-state index is 12.2. The number of nitrogens with two attached hydrogens (primary N) is 1. The Bertz CT molecular complexity index is 562. The van der Waals surface area contributed by atoms with Gasteiger partial charge < -0.3 is 10.8 Å². The number of benzene rings is 1. The Hall–Kier alpha value is -0.820. The van der Waals surface area contributed by atoms with Crippen molar-refractivity contribution >= 4 is 27.3 Å². The Balaban J connectivity index is 2.22. The summed E-state index contributed by atoms with van der Waals surface area (Å²) in [5.41, 5.74) is 5.78. The van der Waals surface area contributed by atoms with Crippen LogP contribution in [0, 0.1) is 0 Å². The van der Waals surface area contributed by atoms with Crippen molar-refractivity contribution in [1.29, 1.82) is 0 Å². The van der Waals surface area contributed by atoms with E-state index < -0.39 is 22.2 Å². The zero-order valence-corrected chi connectivity index (χ0v) is 11.9. The van der Waals surface area contributed by atoms with Crippen LogP contribution in [0.5, 0.6) is 0 Å². The van der Waals surface area contributed by atoms with Crippen molar-refractivity contribution in [2.24, 2.45) is 0 Å². The number of hydrogen-bond acceptors (Lipinski definition) is 4. The molecule has 0 aromatic heterocycles. The lowest BCUT2D eigenvalue weighted by Crippen LogP contribution is -2.45. The van der Waals surface area contributed by atoms with Gasteiger partial charge in [-0.3, -0.25) is 0 Å². The van der Waals surface area contributed by atoms with Gasteiger partial charge in [0.2, 0.25) is 10.0 Å². The van der Waals surface area contributed by atoms with Crippen molar-refractivity contribution in [3.63, 3.8) is 0 Å². The van der Waals surface area contributed by atoms with E-state index in [0.29, 0.717) is 17.9 Å². The topological polar surface area (TPSA) is 92.4 Å². The highest BCUT2D eigenvalue weighted by atomic mass is 35.5. The van der Waals surface area contributed by atoms with Crippen LogP contribution >= 0.6 is 11.6 Å². The van der Waals surface area contributed by atoms with Gasteiger partial charge in [0.15, 0.2) is 0 Å². The summed E-state index contributed by atoms with van der Waals surface area (Å²) in [7, 11) is -3.73. The van der Waals surface area contributed by atoms with Crippen molar-refractivity contribution in [3.8, 4) is 0 Å². The van der Waals surface area contributed by atoms with Gasteiger partial charge >= 0.3 is 0 Å². The van der Waals surface area contributed by atoms with Crippen molar-refractivity contribution in [2.75, 3.05) is 5.73 Å². The average Bonchev–Trinajstić information content (AvgIpc) is 2.31. The first-order chi connectivity index (χ1) is 8.90. The monoisotopic (exact) mass is 304 g/mol. The Kier molecular flexibility index (Phi) is 4.35. The first-order valence-corrected chi connectivity index (χ1v) is 8.02. The summed E-state index contributed by atoms with van der Waals surface area (Å²) in [5, 5.41) is 10.2. The second-order valence-corrected chi connectivity index (χ2v) is 6.88. The second kappa shape index (κ2) is 5.66. The van der Waals surface area contributed by atoms with Gasteiger partial charge in [0.1, 0.15) is 4.90 Å². The predicted octanol–water partition coefficient (Wildman–Crippen LogP) is 1.50. The quantitative estimate of drug-likeness (QED) is 0.738. The number of hydrogen-bond donors (Lipinski definition) is 3. The van der Waals surface area contributed by atoms with Crippen LogP contribution in [0.15, 0.2) is 23.1 Å². The largest absolute Gasteiger partial charge is 0.398 e. The van der Waals surface area contributed by atoms with E-state index in [1.165, 1.54) is 18.2 Å². The second-order valence-electron chi connectivity index (χ2n) is 4.76. The summed E-state index contributed by atoms with van der Waals surface area (Å²) in [5.74, 6) is 0. The molecule has 0 bridgehead atoms. The molecule has 0 unspecified atom stereocenters. The third-order valence-electron chi connectivity index (χ3n) is 3.30. The molecule has 1 aliphatic carbocycles. The van der Waals surface area contributed by atoms with Crippen LogP contribution in [-0.2, 0) is 10.0 Å². The molecule has 1 aliphatic rings. The highest BCUT2D eigenvalue weighted by Gasteiger charge is 2.28. The summed E-state index contributed by atoms with van der Waals surface area (Å²) in [6, 6.07) is 3.79. The first-order valence-electron chi connectivity index (χ1n) is 6.15. The SMILES string of the molecule is Nc1cc(Cl)ccc1S(=O)(=O)N[C@@H]1CCCC[C@H]1O. The van der Waals surface area contributed by atoms with E-state index in [1.807, 2.05) is 0 Å². The minimum Gasteiger partial charge on any atom is -0.398 e. The molecule has 0 saturated heterocycles. The molecule has 1 aromatic carbocycles. The highest BCUT2D eigenvalue weighted by molar-refractivity contribution is 7.89. The summed E-state index contributed by atoms with van der Waals surface area (Å²) >= 11 is 5.75. The lowest BCUT2D eigenvalue weighted by atomic mass is 9.93. The molecule has 7 heteroatoms. The van der Waals surface area contributed by atoms with Gasteiger partial charge in [-0.15, -0.1) is 0 Å². The van der Waals surface area contributed by atoms with Crippen molar-refractivity contribution in [2.45, 2.75) is 42.7 Å². The fourth-order valence-electron chi connectivity index (χ4n) is 2.28. The number of rotatable bonds is 3. The molecular weight excluding hydrogens is 288 g/mol. The molecular formula is C12H17ClN2O3S. The third kappa shape index (κ3) is 3.39. The maximum Gasteiger partial charge on any atom is 0.242 e. The van der Waals surface area contributed by atoms with Gasteiger partial charge in [-0.2, -0.15) is 0 Å². The van der Waals surface area contributed by atoms with Crippen LogP contribution in [0.25, 0.3) is 0 Å². The van der Waals surface area contributed by atoms with Gasteiger partial charge in [0.05, 0.1) is 11.8 Å². The molecule has 5 nitrogen and oxygen atoms in total. The zero-order valence-electron chi connectivity index (χ0n) is 10.3. The number of sulfonamides is 1. The van der Waals surface area contributed by atoms with E-state index >= 15 is 0 Å². The summed E-state index contributed by atoms with van der Waals surface area (Å²) in [6.07, 6.45) is 2.43. The van der Waals surface area contributed by atoms with E-state index in [0.717, 1.165) is 12.8 Å². The molecule has 19 heavy (non-hydrogen) atoms. The standard InChI is InChI=1S/C12H17ClN2O3S/c13-8-5-6-12(9(14)7-8)19(17,18)15-10-3-1-2-4-11(10)16/h5-7,10-11,15-16H,1-4,14H2/t10-,11-/m1/s1. The number of anilines is 1. The summed E-state index contributed by atoms with van der Waals surface area (Å²) in [6.45, 7) is 0. The first kappa shape index (κ1) is 14.6. The van der Waals surface area contributed by atoms with Crippen molar-refractivity contribution < 1.29 is 13.5 Å². The van der Waals surface area contributed by atoms with Gasteiger partial charge in [-0.1, -0.05) is 24.4 Å². The number of aliphatic hydroxyl groups is 1. The van der Waals surface area contributed by atoms with Crippen LogP contribution in [0.4, 0.5) is 5.69 Å². The molecule has 0 aliphatic heterocycles. The number of aliphatic hydroxyl groups excluding tert-OH is 1. The summed E-state index contributed by atoms with van der Waals surface area (Å²) in [4.78, 5) is -0.00493. The molecule has 0 spiro atoms. The van der Waals surface area contributed by atoms with Crippen LogP contribution in [-0.4, -0.2) is 25.7 Å². The van der Waals surface area contributed by atoms with Crippen LogP contribution in [0.3, 0.4) is 0 Å². The Labute approximate surface area is 117 Å². The molecule has 0 heterocycles. The molecule has 0 radical (unpaired) electrons. The Morgan fingerprint density at radius 1 is 1.32 bits per heavy atom. The van der Waals surface area contributed by atoms with Crippen molar-refractivity contribution in [3.05, 3.63) is 23.2 Å². The van der Waals surface area contributed by atoms with Crippen LogP contribution in [0.2, 0.25) is 5.02 Å². The fourth-order valence-corrected chi connectivity index (χ4v) is 3.87. The van der Waals surface area contributed by atoms with E-state index in [1.54, 1.807) is 0 Å². The minimum atomic E-state index is -3.73. The molecule has 0 amide bonds. The molecule has 1 saturated carbocycles. The van der Waals surface area contributed by atoms with Crippen LogP contribution in [0.1, 0.15) is 25.7 Å². The van der Waals surface area contributed by atoms with E-state index in [2.05, 4.69) is 4.72 Å². The van der Waals surface area contributed by atoms with Gasteiger partial charge in [-0.05, 0) is 31.0 Å². The smallest absolute Gasteiger partial charge is 0.242 e. The molecule has 2 atom stereocenters. The zero-order chi connectivity index (χ0) is 14.0. The number of halogens is 1. The minimum absolute atomic E-state index is 0.00493. The lowest BCUT2D eigenvalue weighted by Gasteiger charge is -2.28. The number of nitrogen functional groups attached to an aromatic ring is 1. The average molecular weight is 305 g/mol. The molecule has 4 N–H and O–H groups in total. The number of nitrogens with one attached hydrogen (secondary N) is 1. The molecule has 2 rings (SSSR count). The van der Waals surface area contributed by atoms with E-state index in [9.17, 15) is 13.5 Å². The molecule has 1 fully saturated rings. The molecule has 1 aromatic rings. The van der Waals surface area contributed by atoms with E-state index in [-0.39, 0.29) is 10.6 Å². The van der Waals surface area contributed by atoms with Crippen molar-refractivity contribution in [1.82, 2.24) is 4.72 Å². The third-order valence-corrected chi connectivity index (χ3v) is 5.10. The predicted molar refractivity (Wildman–Crippen MR) is 74.4 cm³/mol. The van der Waals surface area contributed by atoms with Gasteiger partial charge in [0.25, 0.3) is 0 Å². The highest BCUT2D eigenvalue weighted by Crippen LogP contribution is 2.25. The summed E-state index contributed by atoms with van der Waals surface area (Å²) < 4.78 is 27.0. The van der Waals surface area contributed by atoms with Gasteiger partial charge in [0, 0.05) is 11.1 Å². The fraction of sp³-hybridized carbons (Fsp3) is 0.500. The van der Waals surface area contributed by atoms with E-state index in [4.69, 9.17) is 17.3 Å². The lowest BCUT2D eigenvalue weighted by molar-refractivity contribution is 0.101. The molecule has 106 valence electrons. The Morgan fingerprint density at radius 3 is 2.63 bits per heavy atom.